The molecule has 4 amide bonds. The van der Waals surface area contributed by atoms with E-state index in [0.717, 1.165) is 24.9 Å². The number of rotatable bonds is 6. The second-order valence-electron chi connectivity index (χ2n) is 7.90. The molecule has 0 bridgehead atoms. The molecular formula is C24H26N4O3. The van der Waals surface area contributed by atoms with Crippen LogP contribution in [-0.4, -0.2) is 30.9 Å². The van der Waals surface area contributed by atoms with Crippen molar-refractivity contribution in [3.63, 3.8) is 0 Å². The zero-order valence-electron chi connectivity index (χ0n) is 17.3. The van der Waals surface area contributed by atoms with E-state index in [1.807, 2.05) is 6.07 Å². The summed E-state index contributed by atoms with van der Waals surface area (Å²) < 4.78 is 0. The number of anilines is 3. The van der Waals surface area contributed by atoms with Crippen LogP contribution in [0.4, 0.5) is 21.9 Å². The second-order valence-corrected chi connectivity index (χ2v) is 7.90. The largest absolute Gasteiger partial charge is 0.334 e. The number of carbonyl (C=O) groups is 3. The molecule has 1 atom stereocenters. The van der Waals surface area contributed by atoms with Crippen molar-refractivity contribution in [2.45, 2.75) is 25.7 Å². The Morgan fingerprint density at radius 3 is 2.48 bits per heavy atom. The van der Waals surface area contributed by atoms with Crippen molar-refractivity contribution >= 4 is 34.9 Å². The van der Waals surface area contributed by atoms with Gasteiger partial charge in [-0.3, -0.25) is 9.59 Å². The van der Waals surface area contributed by atoms with Crippen LogP contribution in [0.3, 0.4) is 0 Å². The number of benzene rings is 2. The highest BCUT2D eigenvalue weighted by atomic mass is 16.2. The summed E-state index contributed by atoms with van der Waals surface area (Å²) in [4.78, 5) is 38.7. The molecule has 7 nitrogen and oxygen atoms in total. The Balaban J connectivity index is 1.34. The normalized spacial score (nSPS) is 17.2. The van der Waals surface area contributed by atoms with Gasteiger partial charge in [0.05, 0.1) is 5.92 Å². The van der Waals surface area contributed by atoms with Gasteiger partial charge in [0.25, 0.3) is 0 Å². The lowest BCUT2D eigenvalue weighted by molar-refractivity contribution is -0.122. The standard InChI is InChI=1S/C24H26N4O3/c1-2-12-25-24(31)27-20-9-7-19(8-10-20)26-23(30)18-14-22(29)28(15-18)21-11-6-16-4-3-5-17(16)13-21/h2,6-11,13,18H,1,3-5,12,14-15H2,(H,26,30)(H2,25,27,31). The molecule has 0 spiro atoms. The van der Waals surface area contributed by atoms with Crippen molar-refractivity contribution in [1.29, 1.82) is 0 Å². The maximum Gasteiger partial charge on any atom is 0.319 e. The van der Waals surface area contributed by atoms with Gasteiger partial charge in [0.2, 0.25) is 11.8 Å². The smallest absolute Gasteiger partial charge is 0.319 e. The first-order valence-corrected chi connectivity index (χ1v) is 10.5. The molecule has 1 aliphatic carbocycles. The minimum atomic E-state index is -0.400. The fourth-order valence-corrected chi connectivity index (χ4v) is 4.08. The lowest BCUT2D eigenvalue weighted by atomic mass is 10.1. The highest BCUT2D eigenvalue weighted by Crippen LogP contribution is 2.31. The topological polar surface area (TPSA) is 90.5 Å². The van der Waals surface area contributed by atoms with E-state index >= 15 is 0 Å². The number of amides is 4. The van der Waals surface area contributed by atoms with E-state index in [0.29, 0.717) is 24.5 Å². The first-order chi connectivity index (χ1) is 15.0. The van der Waals surface area contributed by atoms with E-state index in [1.165, 1.54) is 11.1 Å². The molecule has 4 rings (SSSR count). The number of hydrogen-bond donors (Lipinski definition) is 3. The van der Waals surface area contributed by atoms with Gasteiger partial charge >= 0.3 is 6.03 Å². The molecule has 0 radical (unpaired) electrons. The molecule has 7 heteroatoms. The van der Waals surface area contributed by atoms with Crippen LogP contribution in [0.2, 0.25) is 0 Å². The molecule has 1 aliphatic heterocycles. The van der Waals surface area contributed by atoms with Crippen molar-refractivity contribution in [3.8, 4) is 0 Å². The van der Waals surface area contributed by atoms with E-state index in [9.17, 15) is 14.4 Å². The van der Waals surface area contributed by atoms with Gasteiger partial charge in [-0.1, -0.05) is 12.1 Å². The van der Waals surface area contributed by atoms with Gasteiger partial charge in [-0.2, -0.15) is 0 Å². The highest BCUT2D eigenvalue weighted by molar-refractivity contribution is 6.03. The third-order valence-corrected chi connectivity index (χ3v) is 5.71. The summed E-state index contributed by atoms with van der Waals surface area (Å²) in [5, 5.41) is 8.20. The number of hydrogen-bond acceptors (Lipinski definition) is 3. The summed E-state index contributed by atoms with van der Waals surface area (Å²) in [6, 6.07) is 12.7. The highest BCUT2D eigenvalue weighted by Gasteiger charge is 2.35. The Labute approximate surface area is 181 Å². The summed E-state index contributed by atoms with van der Waals surface area (Å²) in [6.07, 6.45) is 5.10. The van der Waals surface area contributed by atoms with E-state index in [-0.39, 0.29) is 24.3 Å². The molecule has 1 saturated heterocycles. The quantitative estimate of drug-likeness (QED) is 0.628. The Morgan fingerprint density at radius 1 is 1.03 bits per heavy atom. The molecule has 1 unspecified atom stereocenters. The minimum Gasteiger partial charge on any atom is -0.334 e. The van der Waals surface area contributed by atoms with Crippen LogP contribution < -0.4 is 20.9 Å². The average molecular weight is 418 g/mol. The number of fused-ring (bicyclic) bond motifs is 1. The van der Waals surface area contributed by atoms with Crippen molar-refractivity contribution in [1.82, 2.24) is 5.32 Å². The monoisotopic (exact) mass is 418 g/mol. The predicted molar refractivity (Wildman–Crippen MR) is 121 cm³/mol. The lowest BCUT2D eigenvalue weighted by Gasteiger charge is -2.18. The number of aryl methyl sites for hydroxylation is 2. The third-order valence-electron chi connectivity index (χ3n) is 5.71. The summed E-state index contributed by atoms with van der Waals surface area (Å²) >= 11 is 0. The summed E-state index contributed by atoms with van der Waals surface area (Å²) in [6.45, 7) is 4.30. The SMILES string of the molecule is C=CCNC(=O)Nc1ccc(NC(=O)C2CC(=O)N(c3ccc4c(c3)CCC4)C2)cc1. The maximum absolute atomic E-state index is 12.7. The van der Waals surface area contributed by atoms with Crippen LogP contribution in [0.1, 0.15) is 24.0 Å². The number of urea groups is 1. The number of nitrogens with zero attached hydrogens (tertiary/aromatic N) is 1. The van der Waals surface area contributed by atoms with Crippen LogP contribution in [0, 0.1) is 5.92 Å². The van der Waals surface area contributed by atoms with Crippen molar-refractivity contribution in [2.75, 3.05) is 28.6 Å². The van der Waals surface area contributed by atoms with Crippen molar-refractivity contribution < 1.29 is 14.4 Å². The van der Waals surface area contributed by atoms with Gasteiger partial charge in [0, 0.05) is 36.6 Å². The Kier molecular flexibility index (Phi) is 6.02. The maximum atomic E-state index is 12.7. The fourth-order valence-electron chi connectivity index (χ4n) is 4.08. The average Bonchev–Trinajstić information content (AvgIpc) is 3.39. The van der Waals surface area contributed by atoms with Crippen molar-refractivity contribution in [3.05, 3.63) is 66.2 Å². The summed E-state index contributed by atoms with van der Waals surface area (Å²) in [7, 11) is 0. The summed E-state index contributed by atoms with van der Waals surface area (Å²) in [5.74, 6) is -0.604. The number of carbonyl (C=O) groups excluding carboxylic acids is 3. The molecule has 2 aromatic rings. The first-order valence-electron chi connectivity index (χ1n) is 10.5. The van der Waals surface area contributed by atoms with Gasteiger partial charge in [0.1, 0.15) is 0 Å². The van der Waals surface area contributed by atoms with Gasteiger partial charge in [0.15, 0.2) is 0 Å². The second kappa shape index (κ2) is 9.04. The summed E-state index contributed by atoms with van der Waals surface area (Å²) in [5.41, 5.74) is 4.78. The molecule has 3 N–H and O–H groups in total. The Hall–Kier alpha value is -3.61. The van der Waals surface area contributed by atoms with E-state index in [2.05, 4.69) is 34.7 Å². The molecule has 0 aromatic heterocycles. The molecule has 31 heavy (non-hydrogen) atoms. The molecule has 1 heterocycles. The van der Waals surface area contributed by atoms with Crippen molar-refractivity contribution in [2.24, 2.45) is 5.92 Å². The van der Waals surface area contributed by atoms with Crippen LogP contribution in [0.5, 0.6) is 0 Å². The first kappa shape index (κ1) is 20.7. The van der Waals surface area contributed by atoms with E-state index in [1.54, 1.807) is 35.2 Å². The van der Waals surface area contributed by atoms with Gasteiger partial charge in [-0.15, -0.1) is 6.58 Å². The van der Waals surface area contributed by atoms with Gasteiger partial charge in [-0.05, 0) is 66.8 Å². The lowest BCUT2D eigenvalue weighted by Crippen LogP contribution is -2.28. The molecule has 2 aromatic carbocycles. The van der Waals surface area contributed by atoms with Gasteiger partial charge < -0.3 is 20.9 Å². The molecular weight excluding hydrogens is 392 g/mol. The van der Waals surface area contributed by atoms with E-state index < -0.39 is 5.92 Å². The predicted octanol–water partition coefficient (Wildman–Crippen LogP) is 3.47. The minimum absolute atomic E-state index is 0.0248. The number of nitrogens with one attached hydrogen (secondary N) is 3. The molecule has 2 aliphatic rings. The Bertz CT molecular complexity index is 1020. The molecule has 1 fully saturated rings. The van der Waals surface area contributed by atoms with Gasteiger partial charge in [-0.25, -0.2) is 4.79 Å². The van der Waals surface area contributed by atoms with Crippen LogP contribution in [-0.2, 0) is 22.4 Å². The fraction of sp³-hybridized carbons (Fsp3) is 0.292. The Morgan fingerprint density at radius 2 is 1.74 bits per heavy atom. The van der Waals surface area contributed by atoms with Crippen LogP contribution in [0.25, 0.3) is 0 Å². The zero-order chi connectivity index (χ0) is 21.8. The molecule has 0 saturated carbocycles. The third kappa shape index (κ3) is 4.77. The van der Waals surface area contributed by atoms with Crippen LogP contribution in [0.15, 0.2) is 55.1 Å². The zero-order valence-corrected chi connectivity index (χ0v) is 17.3. The van der Waals surface area contributed by atoms with E-state index in [4.69, 9.17) is 0 Å². The molecule has 160 valence electrons. The van der Waals surface area contributed by atoms with Crippen LogP contribution >= 0.6 is 0 Å².